The molecule has 1 aromatic carbocycles. The molecule has 0 heterocycles. The first kappa shape index (κ1) is 18.1. The van der Waals surface area contributed by atoms with E-state index in [4.69, 9.17) is 24.7 Å². The van der Waals surface area contributed by atoms with E-state index in [-0.39, 0.29) is 17.1 Å². The fraction of sp³-hybridized carbons (Fsp3) is 0.357. The third-order valence-electron chi connectivity index (χ3n) is 2.82. The smallest absolute Gasteiger partial charge is 0.342 e. The average Bonchev–Trinajstić information content (AvgIpc) is 2.52. The molecule has 3 amide bonds. The zero-order chi connectivity index (χ0) is 17.6. The minimum atomic E-state index is -1.23. The number of urea groups is 1. The number of imide groups is 1. The first-order valence-electron chi connectivity index (χ1n) is 6.45. The minimum absolute atomic E-state index is 0.0314. The van der Waals surface area contributed by atoms with E-state index in [0.717, 1.165) is 0 Å². The molecule has 1 aromatic rings. The van der Waals surface area contributed by atoms with Crippen LogP contribution < -0.4 is 25.3 Å². The molecule has 126 valence electrons. The zero-order valence-corrected chi connectivity index (χ0v) is 13.2. The molecule has 23 heavy (non-hydrogen) atoms. The van der Waals surface area contributed by atoms with Crippen molar-refractivity contribution in [1.29, 1.82) is 0 Å². The highest BCUT2D eigenvalue weighted by Crippen LogP contribution is 2.40. The Hall–Kier alpha value is -2.97. The Kier molecular flexibility index (Phi) is 6.19. The molecule has 0 fully saturated rings. The fourth-order valence-electron chi connectivity index (χ4n) is 1.76. The van der Waals surface area contributed by atoms with Crippen LogP contribution in [0.1, 0.15) is 17.3 Å². The normalized spacial score (nSPS) is 11.1. The van der Waals surface area contributed by atoms with Crippen molar-refractivity contribution in [3.63, 3.8) is 0 Å². The van der Waals surface area contributed by atoms with Gasteiger partial charge in [-0.05, 0) is 19.1 Å². The van der Waals surface area contributed by atoms with Gasteiger partial charge in [-0.1, -0.05) is 0 Å². The number of benzene rings is 1. The molecule has 9 nitrogen and oxygen atoms in total. The standard InChI is InChI=1S/C14H18N2O7/c1-7(12(17)16-14(15)19)23-13(18)8-5-6-9(20-2)11(22-4)10(8)21-3/h5-7H,1-4H3,(H3,15,16,17,19). The van der Waals surface area contributed by atoms with Gasteiger partial charge in [0.2, 0.25) is 5.75 Å². The van der Waals surface area contributed by atoms with Crippen molar-refractivity contribution >= 4 is 17.9 Å². The number of esters is 1. The Balaban J connectivity index is 3.04. The SMILES string of the molecule is COc1ccc(C(=O)OC(C)C(=O)NC(N)=O)c(OC)c1OC. The summed E-state index contributed by atoms with van der Waals surface area (Å²) in [7, 11) is 4.17. The van der Waals surface area contributed by atoms with Crippen LogP contribution >= 0.6 is 0 Å². The molecule has 0 aliphatic carbocycles. The summed E-state index contributed by atoms with van der Waals surface area (Å²) in [6.07, 6.45) is -1.23. The second-order valence-corrected chi connectivity index (χ2v) is 4.28. The van der Waals surface area contributed by atoms with Gasteiger partial charge in [-0.3, -0.25) is 10.1 Å². The van der Waals surface area contributed by atoms with Gasteiger partial charge in [0.25, 0.3) is 5.91 Å². The van der Waals surface area contributed by atoms with Crippen molar-refractivity contribution in [1.82, 2.24) is 5.32 Å². The maximum atomic E-state index is 12.2. The van der Waals surface area contributed by atoms with Crippen LogP contribution in [0.15, 0.2) is 12.1 Å². The molecule has 0 saturated carbocycles. The lowest BCUT2D eigenvalue weighted by atomic mass is 10.1. The number of amides is 3. The Labute approximate surface area is 132 Å². The largest absolute Gasteiger partial charge is 0.493 e. The summed E-state index contributed by atoms with van der Waals surface area (Å²) in [5, 5.41) is 1.82. The lowest BCUT2D eigenvalue weighted by Crippen LogP contribution is -2.42. The van der Waals surface area contributed by atoms with E-state index in [1.165, 1.54) is 40.4 Å². The van der Waals surface area contributed by atoms with Gasteiger partial charge in [0.05, 0.1) is 21.3 Å². The van der Waals surface area contributed by atoms with Crippen molar-refractivity contribution in [3.8, 4) is 17.2 Å². The molecular formula is C14H18N2O7. The van der Waals surface area contributed by atoms with Gasteiger partial charge in [-0.15, -0.1) is 0 Å². The van der Waals surface area contributed by atoms with E-state index >= 15 is 0 Å². The first-order chi connectivity index (χ1) is 10.8. The van der Waals surface area contributed by atoms with Gasteiger partial charge in [-0.25, -0.2) is 9.59 Å². The number of primary amides is 1. The van der Waals surface area contributed by atoms with Crippen molar-refractivity contribution in [2.24, 2.45) is 5.73 Å². The first-order valence-corrected chi connectivity index (χ1v) is 6.45. The number of nitrogens with one attached hydrogen (secondary N) is 1. The number of rotatable bonds is 6. The molecule has 3 N–H and O–H groups in total. The lowest BCUT2D eigenvalue weighted by molar-refractivity contribution is -0.127. The maximum absolute atomic E-state index is 12.2. The number of carbonyl (C=O) groups is 3. The lowest BCUT2D eigenvalue weighted by Gasteiger charge is -2.16. The second-order valence-electron chi connectivity index (χ2n) is 4.28. The maximum Gasteiger partial charge on any atom is 0.342 e. The second kappa shape index (κ2) is 7.87. The summed E-state index contributed by atoms with van der Waals surface area (Å²) in [5.41, 5.74) is 4.86. The molecule has 0 radical (unpaired) electrons. The molecule has 1 unspecified atom stereocenters. The molecule has 0 spiro atoms. The summed E-state index contributed by atoms with van der Waals surface area (Å²) in [6, 6.07) is 1.86. The molecular weight excluding hydrogens is 308 g/mol. The van der Waals surface area contributed by atoms with Gasteiger partial charge in [0, 0.05) is 0 Å². The molecule has 1 atom stereocenters. The highest BCUT2D eigenvalue weighted by Gasteiger charge is 2.25. The number of hydrogen-bond acceptors (Lipinski definition) is 7. The zero-order valence-electron chi connectivity index (χ0n) is 13.2. The number of carbonyl (C=O) groups excluding carboxylic acids is 3. The van der Waals surface area contributed by atoms with Crippen LogP contribution in [-0.4, -0.2) is 45.3 Å². The average molecular weight is 326 g/mol. The van der Waals surface area contributed by atoms with Crippen LogP contribution in [0.3, 0.4) is 0 Å². The highest BCUT2D eigenvalue weighted by atomic mass is 16.6. The van der Waals surface area contributed by atoms with Gasteiger partial charge in [0.15, 0.2) is 17.6 Å². The van der Waals surface area contributed by atoms with Gasteiger partial charge in [-0.2, -0.15) is 0 Å². The quantitative estimate of drug-likeness (QED) is 0.727. The van der Waals surface area contributed by atoms with E-state index in [1.807, 2.05) is 5.32 Å². The van der Waals surface area contributed by atoms with Gasteiger partial charge >= 0.3 is 12.0 Å². The van der Waals surface area contributed by atoms with Crippen LogP contribution in [0.4, 0.5) is 4.79 Å². The summed E-state index contributed by atoms with van der Waals surface area (Å²) in [5.74, 6) is -1.02. The Morgan fingerprint density at radius 3 is 2.13 bits per heavy atom. The summed E-state index contributed by atoms with van der Waals surface area (Å²) in [6.45, 7) is 1.30. The van der Waals surface area contributed by atoms with Crippen LogP contribution in [0.5, 0.6) is 17.2 Å². The number of ether oxygens (including phenoxy) is 4. The van der Waals surface area contributed by atoms with E-state index < -0.39 is 24.0 Å². The van der Waals surface area contributed by atoms with Crippen LogP contribution in [0, 0.1) is 0 Å². The molecule has 0 bridgehead atoms. The van der Waals surface area contributed by atoms with Crippen molar-refractivity contribution in [2.75, 3.05) is 21.3 Å². The van der Waals surface area contributed by atoms with Crippen LogP contribution in [0.25, 0.3) is 0 Å². The Bertz CT molecular complexity index is 615. The summed E-state index contributed by atoms with van der Waals surface area (Å²) < 4.78 is 20.4. The van der Waals surface area contributed by atoms with E-state index in [0.29, 0.717) is 5.75 Å². The van der Waals surface area contributed by atoms with Crippen molar-refractivity contribution < 1.29 is 33.3 Å². The predicted molar refractivity (Wildman–Crippen MR) is 78.7 cm³/mol. The molecule has 0 aromatic heterocycles. The summed E-state index contributed by atoms with van der Waals surface area (Å²) in [4.78, 5) is 34.4. The third kappa shape index (κ3) is 4.25. The third-order valence-corrected chi connectivity index (χ3v) is 2.82. The van der Waals surface area contributed by atoms with E-state index in [9.17, 15) is 14.4 Å². The van der Waals surface area contributed by atoms with Gasteiger partial charge < -0.3 is 24.7 Å². The molecule has 0 aliphatic heterocycles. The van der Waals surface area contributed by atoms with Crippen molar-refractivity contribution in [3.05, 3.63) is 17.7 Å². The molecule has 1 rings (SSSR count). The number of hydrogen-bond donors (Lipinski definition) is 2. The fourth-order valence-corrected chi connectivity index (χ4v) is 1.76. The van der Waals surface area contributed by atoms with Crippen LogP contribution in [-0.2, 0) is 9.53 Å². The minimum Gasteiger partial charge on any atom is -0.493 e. The highest BCUT2D eigenvalue weighted by molar-refractivity contribution is 5.99. The van der Waals surface area contributed by atoms with Crippen molar-refractivity contribution in [2.45, 2.75) is 13.0 Å². The molecule has 9 heteroatoms. The van der Waals surface area contributed by atoms with Gasteiger partial charge in [0.1, 0.15) is 5.56 Å². The van der Waals surface area contributed by atoms with E-state index in [2.05, 4.69) is 0 Å². The number of methoxy groups -OCH3 is 3. The monoisotopic (exact) mass is 326 g/mol. The Morgan fingerprint density at radius 2 is 1.65 bits per heavy atom. The topological polar surface area (TPSA) is 126 Å². The molecule has 0 saturated heterocycles. The predicted octanol–water partition coefficient (Wildman–Crippen LogP) is 0.453. The summed E-state index contributed by atoms with van der Waals surface area (Å²) >= 11 is 0. The number of nitrogens with two attached hydrogens (primary N) is 1. The molecule has 0 aliphatic rings. The van der Waals surface area contributed by atoms with Crippen LogP contribution in [0.2, 0.25) is 0 Å². The van der Waals surface area contributed by atoms with E-state index in [1.54, 1.807) is 0 Å². The Morgan fingerprint density at radius 1 is 1.04 bits per heavy atom.